The van der Waals surface area contributed by atoms with Gasteiger partial charge in [0.15, 0.2) is 0 Å². The van der Waals surface area contributed by atoms with Crippen LogP contribution in [0, 0.1) is 0 Å². The molecular formula is C13H17NOS. The Bertz CT molecular complexity index is 350. The van der Waals surface area contributed by atoms with E-state index in [0.29, 0.717) is 6.04 Å². The van der Waals surface area contributed by atoms with E-state index < -0.39 is 0 Å². The molecule has 86 valence electrons. The number of thiophene rings is 1. The van der Waals surface area contributed by atoms with Crippen LogP contribution in [0.4, 0.5) is 0 Å². The second-order valence-electron chi connectivity index (χ2n) is 4.19. The molecule has 0 unspecified atom stereocenters. The van der Waals surface area contributed by atoms with Crippen molar-refractivity contribution in [2.45, 2.75) is 38.1 Å². The molecule has 0 aromatic carbocycles. The average Bonchev–Trinajstić information content (AvgIpc) is 2.81. The van der Waals surface area contributed by atoms with Crippen LogP contribution in [0.15, 0.2) is 23.6 Å². The molecule has 2 rings (SSSR count). The highest BCUT2D eigenvalue weighted by molar-refractivity contribution is 7.10. The van der Waals surface area contributed by atoms with Crippen molar-refractivity contribution in [3.05, 3.63) is 28.5 Å². The Hall–Kier alpha value is -1.09. The van der Waals surface area contributed by atoms with Crippen molar-refractivity contribution < 1.29 is 4.79 Å². The summed E-state index contributed by atoms with van der Waals surface area (Å²) in [6, 6.07) is 4.40. The summed E-state index contributed by atoms with van der Waals surface area (Å²) in [5, 5.41) is 5.07. The highest BCUT2D eigenvalue weighted by Crippen LogP contribution is 2.17. The third-order valence-corrected chi connectivity index (χ3v) is 3.73. The molecule has 1 heterocycles. The van der Waals surface area contributed by atoms with E-state index >= 15 is 0 Å². The van der Waals surface area contributed by atoms with E-state index in [4.69, 9.17) is 0 Å². The first-order valence-electron chi connectivity index (χ1n) is 5.87. The lowest BCUT2D eigenvalue weighted by molar-refractivity contribution is -0.117. The van der Waals surface area contributed by atoms with Gasteiger partial charge in [0.25, 0.3) is 0 Å². The Morgan fingerprint density at radius 3 is 2.88 bits per heavy atom. The van der Waals surface area contributed by atoms with Gasteiger partial charge in [-0.1, -0.05) is 25.3 Å². The molecule has 0 radical (unpaired) electrons. The van der Waals surface area contributed by atoms with Crippen LogP contribution >= 0.6 is 11.3 Å². The molecule has 16 heavy (non-hydrogen) atoms. The standard InChI is InChI=1S/C13H17NOS/c15-13(9-8-12-7-4-10-16-12)14-11-5-2-1-3-6-11/h4,7-11H,1-3,5-6H2,(H,14,15)/b9-8+. The summed E-state index contributed by atoms with van der Waals surface area (Å²) in [5.41, 5.74) is 0. The van der Waals surface area contributed by atoms with Gasteiger partial charge in [-0.3, -0.25) is 4.79 Å². The van der Waals surface area contributed by atoms with E-state index in [9.17, 15) is 4.79 Å². The van der Waals surface area contributed by atoms with E-state index in [1.165, 1.54) is 19.3 Å². The van der Waals surface area contributed by atoms with Crippen molar-refractivity contribution in [1.29, 1.82) is 0 Å². The Morgan fingerprint density at radius 2 is 2.19 bits per heavy atom. The molecule has 1 saturated carbocycles. The molecule has 1 amide bonds. The third kappa shape index (κ3) is 3.49. The fraction of sp³-hybridized carbons (Fsp3) is 0.462. The topological polar surface area (TPSA) is 29.1 Å². The molecule has 0 aliphatic heterocycles. The lowest BCUT2D eigenvalue weighted by Gasteiger charge is -2.21. The molecule has 0 spiro atoms. The largest absolute Gasteiger partial charge is 0.350 e. The van der Waals surface area contributed by atoms with Gasteiger partial charge in [-0.05, 0) is 30.4 Å². The van der Waals surface area contributed by atoms with Crippen molar-refractivity contribution in [3.8, 4) is 0 Å². The number of carbonyl (C=O) groups excluding carboxylic acids is 1. The van der Waals surface area contributed by atoms with Gasteiger partial charge in [0, 0.05) is 17.0 Å². The molecule has 1 aromatic rings. The molecule has 0 saturated heterocycles. The zero-order chi connectivity index (χ0) is 11.2. The smallest absolute Gasteiger partial charge is 0.244 e. The third-order valence-electron chi connectivity index (χ3n) is 2.89. The van der Waals surface area contributed by atoms with Crippen LogP contribution in [0.5, 0.6) is 0 Å². The normalized spacial score (nSPS) is 17.8. The number of rotatable bonds is 3. The molecule has 0 atom stereocenters. The van der Waals surface area contributed by atoms with E-state index in [0.717, 1.165) is 17.7 Å². The van der Waals surface area contributed by atoms with Crippen LogP contribution in [0.3, 0.4) is 0 Å². The van der Waals surface area contributed by atoms with Crippen molar-refractivity contribution >= 4 is 23.3 Å². The molecule has 1 aromatic heterocycles. The maximum Gasteiger partial charge on any atom is 0.244 e. The average molecular weight is 235 g/mol. The van der Waals surface area contributed by atoms with Crippen molar-refractivity contribution in [1.82, 2.24) is 5.32 Å². The zero-order valence-electron chi connectivity index (χ0n) is 9.32. The maximum atomic E-state index is 11.6. The van der Waals surface area contributed by atoms with Crippen LogP contribution in [0.1, 0.15) is 37.0 Å². The van der Waals surface area contributed by atoms with Crippen molar-refractivity contribution in [2.24, 2.45) is 0 Å². The van der Waals surface area contributed by atoms with E-state index in [1.807, 2.05) is 23.6 Å². The Balaban J connectivity index is 1.79. The summed E-state index contributed by atoms with van der Waals surface area (Å²) in [5.74, 6) is 0.0419. The lowest BCUT2D eigenvalue weighted by Crippen LogP contribution is -2.34. The minimum Gasteiger partial charge on any atom is -0.350 e. The molecule has 3 heteroatoms. The SMILES string of the molecule is O=C(/C=C/c1cccs1)NC1CCCCC1. The molecule has 1 fully saturated rings. The fourth-order valence-corrected chi connectivity index (χ4v) is 2.66. The van der Waals surface area contributed by atoms with Crippen LogP contribution in [0.2, 0.25) is 0 Å². The second-order valence-corrected chi connectivity index (χ2v) is 5.17. The van der Waals surface area contributed by atoms with Crippen LogP contribution in [-0.2, 0) is 4.79 Å². The highest BCUT2D eigenvalue weighted by atomic mass is 32.1. The molecular weight excluding hydrogens is 218 g/mol. The van der Waals surface area contributed by atoms with Crippen LogP contribution in [-0.4, -0.2) is 11.9 Å². The Morgan fingerprint density at radius 1 is 1.38 bits per heavy atom. The quantitative estimate of drug-likeness (QED) is 0.801. The summed E-state index contributed by atoms with van der Waals surface area (Å²) in [7, 11) is 0. The van der Waals surface area contributed by atoms with Gasteiger partial charge in [0.05, 0.1) is 0 Å². The molecule has 2 nitrogen and oxygen atoms in total. The minimum atomic E-state index is 0.0419. The molecule has 1 N–H and O–H groups in total. The van der Waals surface area contributed by atoms with E-state index in [-0.39, 0.29) is 5.91 Å². The minimum absolute atomic E-state index is 0.0419. The summed E-state index contributed by atoms with van der Waals surface area (Å²) in [6.07, 6.45) is 9.61. The first kappa shape index (κ1) is 11.4. The fourth-order valence-electron chi connectivity index (χ4n) is 2.04. The molecule has 0 bridgehead atoms. The van der Waals surface area contributed by atoms with Crippen molar-refractivity contribution in [2.75, 3.05) is 0 Å². The van der Waals surface area contributed by atoms with Gasteiger partial charge in [0.2, 0.25) is 5.91 Å². The number of amides is 1. The number of hydrogen-bond donors (Lipinski definition) is 1. The zero-order valence-corrected chi connectivity index (χ0v) is 10.1. The van der Waals surface area contributed by atoms with E-state index in [2.05, 4.69) is 5.32 Å². The predicted molar refractivity (Wildman–Crippen MR) is 68.4 cm³/mol. The summed E-state index contributed by atoms with van der Waals surface area (Å²) >= 11 is 1.64. The second kappa shape index (κ2) is 5.85. The first-order chi connectivity index (χ1) is 7.84. The summed E-state index contributed by atoms with van der Waals surface area (Å²) in [6.45, 7) is 0. The number of nitrogens with one attached hydrogen (secondary N) is 1. The Labute approximate surface area is 100 Å². The van der Waals surface area contributed by atoms with Crippen LogP contribution < -0.4 is 5.32 Å². The van der Waals surface area contributed by atoms with Gasteiger partial charge in [0.1, 0.15) is 0 Å². The monoisotopic (exact) mass is 235 g/mol. The summed E-state index contributed by atoms with van der Waals surface area (Å²) in [4.78, 5) is 12.7. The van der Waals surface area contributed by atoms with E-state index in [1.54, 1.807) is 17.4 Å². The van der Waals surface area contributed by atoms with Gasteiger partial charge in [-0.25, -0.2) is 0 Å². The highest BCUT2D eigenvalue weighted by Gasteiger charge is 2.13. The summed E-state index contributed by atoms with van der Waals surface area (Å²) < 4.78 is 0. The lowest BCUT2D eigenvalue weighted by atomic mass is 9.95. The van der Waals surface area contributed by atoms with Gasteiger partial charge >= 0.3 is 0 Å². The van der Waals surface area contributed by atoms with Gasteiger partial charge < -0.3 is 5.32 Å². The number of carbonyl (C=O) groups is 1. The van der Waals surface area contributed by atoms with Gasteiger partial charge in [-0.2, -0.15) is 0 Å². The van der Waals surface area contributed by atoms with Crippen molar-refractivity contribution in [3.63, 3.8) is 0 Å². The maximum absolute atomic E-state index is 11.6. The molecule has 1 aliphatic carbocycles. The predicted octanol–water partition coefficient (Wildman–Crippen LogP) is 3.21. The number of hydrogen-bond acceptors (Lipinski definition) is 2. The first-order valence-corrected chi connectivity index (χ1v) is 6.74. The Kier molecular flexibility index (Phi) is 4.17. The van der Waals surface area contributed by atoms with Gasteiger partial charge in [-0.15, -0.1) is 11.3 Å². The van der Waals surface area contributed by atoms with Crippen LogP contribution in [0.25, 0.3) is 6.08 Å². The molecule has 1 aliphatic rings.